The Bertz CT molecular complexity index is 313. The summed E-state index contributed by atoms with van der Waals surface area (Å²) in [4.78, 5) is 6.33. The summed E-state index contributed by atoms with van der Waals surface area (Å²) >= 11 is 0. The van der Waals surface area contributed by atoms with Crippen LogP contribution in [0.1, 0.15) is 32.0 Å². The van der Waals surface area contributed by atoms with Crippen molar-refractivity contribution in [1.82, 2.24) is 4.98 Å². The van der Waals surface area contributed by atoms with Crippen LogP contribution in [0.25, 0.3) is 0 Å². The van der Waals surface area contributed by atoms with E-state index in [1.807, 2.05) is 37.9 Å². The van der Waals surface area contributed by atoms with Crippen molar-refractivity contribution in [2.24, 2.45) is 5.73 Å². The van der Waals surface area contributed by atoms with Gasteiger partial charge in [-0.15, -0.1) is 0 Å². The molecule has 0 aliphatic heterocycles. The van der Waals surface area contributed by atoms with Crippen molar-refractivity contribution in [2.75, 3.05) is 18.6 Å². The van der Waals surface area contributed by atoms with E-state index >= 15 is 0 Å². The number of likely N-dealkylation sites (N-methyl/N-ethyl adjacent to an activating group) is 1. The lowest BCUT2D eigenvalue weighted by Gasteiger charge is -2.25. The second-order valence-electron chi connectivity index (χ2n) is 4.10. The first kappa shape index (κ1) is 12.9. The molecule has 0 amide bonds. The monoisotopic (exact) mass is 223 g/mol. The lowest BCUT2D eigenvalue weighted by Crippen LogP contribution is -2.31. The molecule has 1 aromatic rings. The Morgan fingerprint density at radius 2 is 2.19 bits per heavy atom. The highest BCUT2D eigenvalue weighted by atomic mass is 16.3. The summed E-state index contributed by atoms with van der Waals surface area (Å²) in [6, 6.07) is 4.04. The first-order valence-electron chi connectivity index (χ1n) is 5.65. The lowest BCUT2D eigenvalue weighted by molar-refractivity contribution is 0.270. The number of hydrogen-bond acceptors (Lipinski definition) is 4. The summed E-state index contributed by atoms with van der Waals surface area (Å²) < 4.78 is 0. The minimum absolute atomic E-state index is 0.00891. The summed E-state index contributed by atoms with van der Waals surface area (Å²) in [6.45, 7) is 4.14. The molecule has 0 radical (unpaired) electrons. The topological polar surface area (TPSA) is 62.4 Å². The van der Waals surface area contributed by atoms with Gasteiger partial charge < -0.3 is 15.7 Å². The average Bonchev–Trinajstić information content (AvgIpc) is 2.36. The quantitative estimate of drug-likeness (QED) is 0.790. The fraction of sp³-hybridized carbons (Fsp3) is 0.583. The number of aliphatic hydroxyl groups is 1. The standard InChI is InChI=1S/C12H21N3O/c1-4-11(13)12-6-5-10(7-14-12)15(3)9(2)8-16/h5-7,9,11,16H,4,8,13H2,1-3H3/t9?,11-/m1/s1. The Labute approximate surface area is 97.1 Å². The van der Waals surface area contributed by atoms with E-state index in [1.165, 1.54) is 0 Å². The molecule has 1 unspecified atom stereocenters. The van der Waals surface area contributed by atoms with E-state index in [2.05, 4.69) is 4.98 Å². The number of nitrogens with two attached hydrogens (primary N) is 1. The summed E-state index contributed by atoms with van der Waals surface area (Å²) in [5.74, 6) is 0. The van der Waals surface area contributed by atoms with Crippen molar-refractivity contribution in [3.05, 3.63) is 24.0 Å². The molecule has 1 aromatic heterocycles. The Morgan fingerprint density at radius 1 is 1.50 bits per heavy atom. The zero-order chi connectivity index (χ0) is 12.1. The van der Waals surface area contributed by atoms with Gasteiger partial charge in [0.2, 0.25) is 0 Å². The van der Waals surface area contributed by atoms with Gasteiger partial charge in [0.1, 0.15) is 0 Å². The SMILES string of the molecule is CC[C@@H](N)c1ccc(N(C)C(C)CO)cn1. The molecule has 16 heavy (non-hydrogen) atoms. The van der Waals surface area contributed by atoms with Gasteiger partial charge in [-0.3, -0.25) is 4.98 Å². The van der Waals surface area contributed by atoms with E-state index in [-0.39, 0.29) is 18.7 Å². The Balaban J connectivity index is 2.78. The van der Waals surface area contributed by atoms with E-state index in [4.69, 9.17) is 10.8 Å². The predicted octanol–water partition coefficient (Wildman–Crippen LogP) is 1.31. The number of anilines is 1. The molecule has 0 saturated carbocycles. The van der Waals surface area contributed by atoms with Crippen LogP contribution in [0, 0.1) is 0 Å². The van der Waals surface area contributed by atoms with Crippen LogP contribution in [0.15, 0.2) is 18.3 Å². The second-order valence-corrected chi connectivity index (χ2v) is 4.10. The third kappa shape index (κ3) is 2.93. The van der Waals surface area contributed by atoms with Gasteiger partial charge >= 0.3 is 0 Å². The number of hydrogen-bond donors (Lipinski definition) is 2. The number of pyridine rings is 1. The summed E-state index contributed by atoms with van der Waals surface area (Å²) in [5.41, 5.74) is 7.80. The van der Waals surface area contributed by atoms with Gasteiger partial charge in [-0.1, -0.05) is 6.92 Å². The van der Waals surface area contributed by atoms with Crippen LogP contribution in [0.3, 0.4) is 0 Å². The third-order valence-electron chi connectivity index (χ3n) is 2.92. The predicted molar refractivity (Wildman–Crippen MR) is 66.4 cm³/mol. The van der Waals surface area contributed by atoms with Gasteiger partial charge in [-0.2, -0.15) is 0 Å². The van der Waals surface area contributed by atoms with Crippen molar-refractivity contribution in [2.45, 2.75) is 32.4 Å². The lowest BCUT2D eigenvalue weighted by atomic mass is 10.1. The molecule has 90 valence electrons. The van der Waals surface area contributed by atoms with Crippen LogP contribution < -0.4 is 10.6 Å². The van der Waals surface area contributed by atoms with E-state index in [1.54, 1.807) is 6.20 Å². The van der Waals surface area contributed by atoms with Crippen LogP contribution in [0.2, 0.25) is 0 Å². The molecule has 0 aliphatic carbocycles. The highest BCUT2D eigenvalue weighted by Gasteiger charge is 2.10. The largest absolute Gasteiger partial charge is 0.394 e. The normalized spacial score (nSPS) is 14.6. The van der Waals surface area contributed by atoms with Gasteiger partial charge in [0.05, 0.1) is 24.2 Å². The fourth-order valence-electron chi connectivity index (χ4n) is 1.41. The summed E-state index contributed by atoms with van der Waals surface area (Å²) in [6.07, 6.45) is 2.69. The van der Waals surface area contributed by atoms with Crippen LogP contribution in [-0.2, 0) is 0 Å². The maximum absolute atomic E-state index is 9.07. The molecule has 3 N–H and O–H groups in total. The maximum atomic E-state index is 9.07. The highest BCUT2D eigenvalue weighted by Crippen LogP contribution is 2.17. The molecular weight excluding hydrogens is 202 g/mol. The van der Waals surface area contributed by atoms with Gasteiger partial charge in [0.15, 0.2) is 0 Å². The molecule has 2 atom stereocenters. The molecule has 1 rings (SSSR count). The van der Waals surface area contributed by atoms with Gasteiger partial charge in [0, 0.05) is 19.1 Å². The van der Waals surface area contributed by atoms with Gasteiger partial charge in [0.25, 0.3) is 0 Å². The zero-order valence-corrected chi connectivity index (χ0v) is 10.2. The number of aromatic nitrogens is 1. The molecule has 4 nitrogen and oxygen atoms in total. The summed E-state index contributed by atoms with van der Waals surface area (Å²) in [5, 5.41) is 9.07. The molecule has 0 aliphatic rings. The minimum atomic E-state index is 0.00891. The Morgan fingerprint density at radius 3 is 2.62 bits per heavy atom. The maximum Gasteiger partial charge on any atom is 0.0632 e. The van der Waals surface area contributed by atoms with Gasteiger partial charge in [-0.05, 0) is 25.5 Å². The third-order valence-corrected chi connectivity index (χ3v) is 2.92. The second kappa shape index (κ2) is 5.82. The first-order chi connectivity index (χ1) is 7.60. The zero-order valence-electron chi connectivity index (χ0n) is 10.2. The highest BCUT2D eigenvalue weighted by molar-refractivity contribution is 5.44. The van der Waals surface area contributed by atoms with Crippen molar-refractivity contribution in [3.63, 3.8) is 0 Å². The minimum Gasteiger partial charge on any atom is -0.394 e. The van der Waals surface area contributed by atoms with E-state index < -0.39 is 0 Å². The average molecular weight is 223 g/mol. The van der Waals surface area contributed by atoms with Crippen LogP contribution >= 0.6 is 0 Å². The molecule has 0 bridgehead atoms. The molecule has 0 saturated heterocycles. The molecule has 0 spiro atoms. The smallest absolute Gasteiger partial charge is 0.0632 e. The molecular formula is C12H21N3O. The molecule has 0 fully saturated rings. The van der Waals surface area contributed by atoms with Crippen LogP contribution in [-0.4, -0.2) is 29.8 Å². The van der Waals surface area contributed by atoms with Gasteiger partial charge in [-0.25, -0.2) is 0 Å². The van der Waals surface area contributed by atoms with E-state index in [0.717, 1.165) is 17.8 Å². The van der Waals surface area contributed by atoms with E-state index in [9.17, 15) is 0 Å². The molecule has 1 heterocycles. The first-order valence-corrected chi connectivity index (χ1v) is 5.65. The van der Waals surface area contributed by atoms with Crippen molar-refractivity contribution in [1.29, 1.82) is 0 Å². The molecule has 0 aromatic carbocycles. The van der Waals surface area contributed by atoms with Crippen molar-refractivity contribution < 1.29 is 5.11 Å². The number of aliphatic hydroxyl groups excluding tert-OH is 1. The van der Waals surface area contributed by atoms with Crippen LogP contribution in [0.5, 0.6) is 0 Å². The Kier molecular flexibility index (Phi) is 4.71. The number of rotatable bonds is 5. The fourth-order valence-corrected chi connectivity index (χ4v) is 1.41. The molecule has 4 heteroatoms. The van der Waals surface area contributed by atoms with Crippen LogP contribution in [0.4, 0.5) is 5.69 Å². The van der Waals surface area contributed by atoms with Crippen molar-refractivity contribution in [3.8, 4) is 0 Å². The number of nitrogens with zero attached hydrogens (tertiary/aromatic N) is 2. The van der Waals surface area contributed by atoms with E-state index in [0.29, 0.717) is 0 Å². The summed E-state index contributed by atoms with van der Waals surface area (Å²) in [7, 11) is 1.94. The Hall–Kier alpha value is -1.13. The van der Waals surface area contributed by atoms with Crippen molar-refractivity contribution >= 4 is 5.69 Å².